The van der Waals surface area contributed by atoms with Gasteiger partial charge < -0.3 is 9.84 Å². The van der Waals surface area contributed by atoms with Crippen LogP contribution in [0, 0.1) is 5.92 Å². The fourth-order valence-corrected chi connectivity index (χ4v) is 0.854. The maximum atomic E-state index is 11.4. The van der Waals surface area contributed by atoms with E-state index in [1.165, 1.54) is 6.08 Å². The molecule has 3 nitrogen and oxygen atoms in total. The Balaban J connectivity index is 4.27. The first-order valence-corrected chi connectivity index (χ1v) is 5.14. The van der Waals surface area contributed by atoms with E-state index < -0.39 is 11.2 Å². The summed E-state index contributed by atoms with van der Waals surface area (Å²) in [6.07, 6.45) is 1.26. The van der Waals surface area contributed by atoms with Crippen LogP contribution in [0.2, 0.25) is 0 Å². The highest BCUT2D eigenvalue weighted by molar-refractivity contribution is 5.95. The summed E-state index contributed by atoms with van der Waals surface area (Å²) in [5, 5.41) is 9.69. The highest BCUT2D eigenvalue weighted by Gasteiger charge is 2.29. The fourth-order valence-electron chi connectivity index (χ4n) is 0.854. The number of carbonyl (C=O) groups is 1. The third-order valence-corrected chi connectivity index (χ3v) is 2.68. The molecule has 0 saturated carbocycles. The van der Waals surface area contributed by atoms with Gasteiger partial charge in [0.25, 0.3) is 0 Å². The van der Waals surface area contributed by atoms with Gasteiger partial charge in [0, 0.05) is 5.92 Å². The number of rotatable bonds is 6. The van der Waals surface area contributed by atoms with Crippen LogP contribution >= 0.6 is 0 Å². The van der Waals surface area contributed by atoms with Gasteiger partial charge in [0.05, 0.1) is 12.2 Å². The molecule has 1 N–H and O–H groups in total. The molecule has 0 heterocycles. The molecule has 0 rings (SSSR count). The van der Waals surface area contributed by atoms with E-state index in [4.69, 9.17) is 4.74 Å². The smallest absolute Gasteiger partial charge is 0.186 e. The van der Waals surface area contributed by atoms with Crippen molar-refractivity contribution in [1.82, 2.24) is 0 Å². The molecule has 0 bridgehead atoms. The summed E-state index contributed by atoms with van der Waals surface area (Å²) in [5.74, 6) is -0.181. The molecule has 0 aliphatic rings. The van der Waals surface area contributed by atoms with E-state index in [1.54, 1.807) is 27.7 Å². The number of ether oxygens (including phenoxy) is 1. The predicted octanol–water partition coefficient (Wildman–Crippen LogP) is 1.94. The molecule has 0 aromatic carbocycles. The molecule has 0 saturated heterocycles. The van der Waals surface area contributed by atoms with Crippen LogP contribution in [0.5, 0.6) is 0 Å². The summed E-state index contributed by atoms with van der Waals surface area (Å²) in [6, 6.07) is 0. The Bertz CT molecular complexity index is 236. The molecule has 15 heavy (non-hydrogen) atoms. The van der Waals surface area contributed by atoms with Crippen molar-refractivity contribution < 1.29 is 14.6 Å². The lowest BCUT2D eigenvalue weighted by molar-refractivity contribution is -0.140. The Morgan fingerprint density at radius 2 is 1.93 bits per heavy atom. The first kappa shape index (κ1) is 14.3. The topological polar surface area (TPSA) is 46.5 Å². The molecule has 0 aliphatic heterocycles. The molecule has 0 aromatic heterocycles. The lowest BCUT2D eigenvalue weighted by Crippen LogP contribution is -2.39. The van der Waals surface area contributed by atoms with Gasteiger partial charge in [-0.1, -0.05) is 13.5 Å². The third kappa shape index (κ3) is 4.58. The second-order valence-corrected chi connectivity index (χ2v) is 4.94. The van der Waals surface area contributed by atoms with Crippen molar-refractivity contribution in [2.24, 2.45) is 5.92 Å². The van der Waals surface area contributed by atoms with Crippen LogP contribution in [0.4, 0.5) is 0 Å². The Labute approximate surface area is 92.1 Å². The van der Waals surface area contributed by atoms with Crippen molar-refractivity contribution in [1.29, 1.82) is 0 Å². The van der Waals surface area contributed by atoms with Crippen molar-refractivity contribution >= 4 is 5.78 Å². The summed E-state index contributed by atoms with van der Waals surface area (Å²) in [6.45, 7) is 12.5. The maximum absolute atomic E-state index is 11.4. The molecule has 0 spiro atoms. The average Bonchev–Trinajstić information content (AvgIpc) is 2.11. The molecule has 0 aliphatic carbocycles. The minimum Gasteiger partial charge on any atom is -0.390 e. The zero-order valence-corrected chi connectivity index (χ0v) is 10.3. The third-order valence-electron chi connectivity index (χ3n) is 2.68. The van der Waals surface area contributed by atoms with Gasteiger partial charge >= 0.3 is 0 Å². The van der Waals surface area contributed by atoms with Gasteiger partial charge in [-0.05, 0) is 33.8 Å². The van der Waals surface area contributed by atoms with Crippen molar-refractivity contribution in [2.75, 3.05) is 6.61 Å². The summed E-state index contributed by atoms with van der Waals surface area (Å²) < 4.78 is 5.49. The van der Waals surface area contributed by atoms with Crippen LogP contribution in [-0.4, -0.2) is 28.7 Å². The lowest BCUT2D eigenvalue weighted by atomic mass is 9.93. The van der Waals surface area contributed by atoms with E-state index >= 15 is 0 Å². The Kier molecular flexibility index (Phi) is 4.68. The Morgan fingerprint density at radius 3 is 2.27 bits per heavy atom. The van der Waals surface area contributed by atoms with Crippen LogP contribution < -0.4 is 0 Å². The summed E-state index contributed by atoms with van der Waals surface area (Å²) in [4.78, 5) is 11.4. The molecule has 0 fully saturated rings. The SMILES string of the molecule is C=CC(=O)C(C)(C)OCC(C)C(C)(C)O. The van der Waals surface area contributed by atoms with Crippen LogP contribution in [0.15, 0.2) is 12.7 Å². The van der Waals surface area contributed by atoms with E-state index in [-0.39, 0.29) is 11.7 Å². The first-order chi connectivity index (χ1) is 6.61. The second kappa shape index (κ2) is 4.90. The van der Waals surface area contributed by atoms with Gasteiger partial charge in [-0.15, -0.1) is 0 Å². The molecule has 0 aromatic rings. The molecule has 3 heteroatoms. The van der Waals surface area contributed by atoms with Gasteiger partial charge in [-0.3, -0.25) is 4.79 Å². The minimum atomic E-state index is -0.860. The zero-order chi connectivity index (χ0) is 12.3. The van der Waals surface area contributed by atoms with E-state index in [1.807, 2.05) is 6.92 Å². The minimum absolute atomic E-state index is 0.0330. The van der Waals surface area contributed by atoms with E-state index in [0.29, 0.717) is 6.61 Å². The van der Waals surface area contributed by atoms with Crippen LogP contribution in [0.3, 0.4) is 0 Å². The highest BCUT2D eigenvalue weighted by Crippen LogP contribution is 2.19. The number of hydrogen-bond acceptors (Lipinski definition) is 3. The molecular weight excluding hydrogens is 192 g/mol. The number of hydrogen-bond donors (Lipinski definition) is 1. The van der Waals surface area contributed by atoms with Gasteiger partial charge in [-0.25, -0.2) is 0 Å². The monoisotopic (exact) mass is 214 g/mol. The predicted molar refractivity (Wildman–Crippen MR) is 60.7 cm³/mol. The van der Waals surface area contributed by atoms with E-state index in [9.17, 15) is 9.90 Å². The quantitative estimate of drug-likeness (QED) is 0.687. The standard InChI is InChI=1S/C12H22O3/c1-7-10(13)12(5,6)15-8-9(2)11(3,4)14/h7,9,14H,1,8H2,2-6H3. The summed E-state index contributed by atoms with van der Waals surface area (Å²) in [5.41, 5.74) is -1.66. The summed E-state index contributed by atoms with van der Waals surface area (Å²) >= 11 is 0. The van der Waals surface area contributed by atoms with Crippen molar-refractivity contribution in [3.8, 4) is 0 Å². The van der Waals surface area contributed by atoms with Crippen LogP contribution in [-0.2, 0) is 9.53 Å². The summed E-state index contributed by atoms with van der Waals surface area (Å²) in [7, 11) is 0. The lowest BCUT2D eigenvalue weighted by Gasteiger charge is -2.30. The zero-order valence-electron chi connectivity index (χ0n) is 10.3. The molecule has 0 amide bonds. The van der Waals surface area contributed by atoms with Crippen molar-refractivity contribution in [3.63, 3.8) is 0 Å². The number of aliphatic hydroxyl groups is 1. The Hall–Kier alpha value is -0.670. The number of carbonyl (C=O) groups excluding carboxylic acids is 1. The highest BCUT2D eigenvalue weighted by atomic mass is 16.5. The van der Waals surface area contributed by atoms with E-state index in [2.05, 4.69) is 6.58 Å². The molecule has 1 unspecified atom stereocenters. The normalized spacial score (nSPS) is 14.8. The van der Waals surface area contributed by atoms with Gasteiger partial charge in [0.1, 0.15) is 5.60 Å². The van der Waals surface area contributed by atoms with Gasteiger partial charge in [-0.2, -0.15) is 0 Å². The molecular formula is C12H22O3. The van der Waals surface area contributed by atoms with E-state index in [0.717, 1.165) is 0 Å². The molecule has 1 atom stereocenters. The van der Waals surface area contributed by atoms with Crippen molar-refractivity contribution in [2.45, 2.75) is 45.8 Å². The largest absolute Gasteiger partial charge is 0.390 e. The number of ketones is 1. The fraction of sp³-hybridized carbons (Fsp3) is 0.750. The van der Waals surface area contributed by atoms with Gasteiger partial charge in [0.2, 0.25) is 0 Å². The Morgan fingerprint density at radius 1 is 1.47 bits per heavy atom. The average molecular weight is 214 g/mol. The first-order valence-electron chi connectivity index (χ1n) is 5.14. The maximum Gasteiger partial charge on any atom is 0.186 e. The van der Waals surface area contributed by atoms with Crippen LogP contribution in [0.1, 0.15) is 34.6 Å². The second-order valence-electron chi connectivity index (χ2n) is 4.94. The van der Waals surface area contributed by atoms with Crippen molar-refractivity contribution in [3.05, 3.63) is 12.7 Å². The van der Waals surface area contributed by atoms with Gasteiger partial charge in [0.15, 0.2) is 5.78 Å². The van der Waals surface area contributed by atoms with Crippen LogP contribution in [0.25, 0.3) is 0 Å². The molecule has 0 radical (unpaired) electrons. The molecule has 88 valence electrons.